The van der Waals surface area contributed by atoms with Crippen LogP contribution in [-0.2, 0) is 40.0 Å². The molecule has 0 radical (unpaired) electrons. The van der Waals surface area contributed by atoms with Crippen molar-refractivity contribution in [3.63, 3.8) is 0 Å². The molecule has 62 valence electrons. The zero-order chi connectivity index (χ0) is 7.71. The van der Waals surface area contributed by atoms with Crippen molar-refractivity contribution in [2.24, 2.45) is 0 Å². The number of rotatable bonds is 2. The van der Waals surface area contributed by atoms with Crippen molar-refractivity contribution in [1.82, 2.24) is 0 Å². The number of hydrogen-bond donors (Lipinski definition) is 3. The van der Waals surface area contributed by atoms with Gasteiger partial charge >= 0.3 is 18.2 Å². The topological polar surface area (TPSA) is 121 Å². The first kappa shape index (κ1) is 13.3. The first-order valence-corrected chi connectivity index (χ1v) is 4.34. The Morgan fingerprint density at radius 3 is 1.60 bits per heavy atom. The van der Waals surface area contributed by atoms with Gasteiger partial charge in [0, 0.05) is 21.1 Å². The van der Waals surface area contributed by atoms with Crippen LogP contribution in [0.3, 0.4) is 0 Å². The molecule has 0 heterocycles. The third-order valence-electron chi connectivity index (χ3n) is 0.191. The Hall–Kier alpha value is 0.708. The van der Waals surface area contributed by atoms with Crippen LogP contribution in [0.5, 0.6) is 0 Å². The maximum Gasteiger partial charge on any atom is 0.486 e. The van der Waals surface area contributed by atoms with Crippen LogP contribution in [0.1, 0.15) is 0 Å². The van der Waals surface area contributed by atoms with Crippen LogP contribution in [0.15, 0.2) is 0 Å². The number of phosphoric acid groups is 1. The SMILES string of the molecule is O=P(O)(O)OS(=O)(=O)O.[Mo]. The second kappa shape index (κ2) is 3.92. The Morgan fingerprint density at radius 2 is 1.60 bits per heavy atom. The average Bonchev–Trinajstić information content (AvgIpc) is 1.14. The van der Waals surface area contributed by atoms with Crippen molar-refractivity contribution < 1.29 is 52.4 Å². The molecular formula is H3MoO7PS. The summed E-state index contributed by atoms with van der Waals surface area (Å²) >= 11 is 0. The Kier molecular flexibility index (Phi) is 5.21. The van der Waals surface area contributed by atoms with Crippen LogP contribution in [0.4, 0.5) is 0 Å². The Bertz CT molecular complexity index is 220. The maximum absolute atomic E-state index is 9.58. The van der Waals surface area contributed by atoms with Crippen LogP contribution < -0.4 is 0 Å². The van der Waals surface area contributed by atoms with Gasteiger partial charge in [0.15, 0.2) is 0 Å². The van der Waals surface area contributed by atoms with E-state index in [1.165, 1.54) is 0 Å². The van der Waals surface area contributed by atoms with E-state index in [4.69, 9.17) is 14.3 Å². The summed E-state index contributed by atoms with van der Waals surface area (Å²) in [5, 5.41) is 0. The van der Waals surface area contributed by atoms with Crippen molar-refractivity contribution in [2.75, 3.05) is 0 Å². The molecule has 0 bridgehead atoms. The Balaban J connectivity index is 0. The predicted octanol–water partition coefficient (Wildman–Crippen LogP) is -1.10. The van der Waals surface area contributed by atoms with Gasteiger partial charge in [0.2, 0.25) is 0 Å². The van der Waals surface area contributed by atoms with E-state index in [-0.39, 0.29) is 21.1 Å². The van der Waals surface area contributed by atoms with Crippen LogP contribution in [0, 0.1) is 0 Å². The van der Waals surface area contributed by atoms with Crippen LogP contribution in [0.25, 0.3) is 0 Å². The summed E-state index contributed by atoms with van der Waals surface area (Å²) in [6, 6.07) is 0. The molecule has 7 nitrogen and oxygen atoms in total. The fourth-order valence-corrected chi connectivity index (χ4v) is 1.10. The molecule has 0 spiro atoms. The van der Waals surface area contributed by atoms with Gasteiger partial charge in [-0.25, -0.2) is 4.57 Å². The zero-order valence-electron chi connectivity index (χ0n) is 4.24. The van der Waals surface area contributed by atoms with Gasteiger partial charge < -0.3 is 9.79 Å². The van der Waals surface area contributed by atoms with Crippen LogP contribution in [0.2, 0.25) is 0 Å². The molecule has 0 aliphatic carbocycles. The van der Waals surface area contributed by atoms with Gasteiger partial charge in [-0.2, -0.15) is 8.42 Å². The minimum atomic E-state index is -5.13. The summed E-state index contributed by atoms with van der Waals surface area (Å²) < 4.78 is 39.0. The fourth-order valence-electron chi connectivity index (χ4n) is 0.123. The summed E-state index contributed by atoms with van der Waals surface area (Å²) in [4.78, 5) is 15.4. The van der Waals surface area contributed by atoms with Gasteiger partial charge in [-0.3, -0.25) is 4.55 Å². The molecule has 0 aromatic heterocycles. The van der Waals surface area contributed by atoms with Crippen molar-refractivity contribution >= 4 is 18.2 Å². The maximum atomic E-state index is 9.58. The molecule has 10 heavy (non-hydrogen) atoms. The first-order chi connectivity index (χ1) is 3.71. The molecule has 0 saturated carbocycles. The van der Waals surface area contributed by atoms with E-state index in [9.17, 15) is 13.0 Å². The largest absolute Gasteiger partial charge is 0.486 e. The van der Waals surface area contributed by atoms with E-state index < -0.39 is 18.2 Å². The monoisotopic (exact) mass is 276 g/mol. The third kappa shape index (κ3) is 11.5. The molecule has 0 unspecified atom stereocenters. The molecule has 0 rings (SSSR count). The molecule has 0 aliphatic rings. The summed E-state index contributed by atoms with van der Waals surface area (Å²) in [5.74, 6) is 0. The molecule has 0 aromatic rings. The van der Waals surface area contributed by atoms with Crippen molar-refractivity contribution in [2.45, 2.75) is 0 Å². The quantitative estimate of drug-likeness (QED) is 0.332. The van der Waals surface area contributed by atoms with Gasteiger partial charge in [0.05, 0.1) is 0 Å². The third-order valence-corrected chi connectivity index (χ3v) is 1.72. The smallest absolute Gasteiger partial charge is 0.302 e. The average molecular weight is 274 g/mol. The van der Waals surface area contributed by atoms with Gasteiger partial charge in [0.25, 0.3) is 0 Å². The second-order valence-electron chi connectivity index (χ2n) is 0.993. The summed E-state index contributed by atoms with van der Waals surface area (Å²) in [6.45, 7) is 0. The molecule has 0 saturated heterocycles. The van der Waals surface area contributed by atoms with E-state index >= 15 is 0 Å². The molecule has 10 heteroatoms. The standard InChI is InChI=1S/Mo.H3O7PS/c;1-8(2,3)7-9(4,5)6/h;(H2,1,2,3)(H,4,5,6). The van der Waals surface area contributed by atoms with E-state index in [0.717, 1.165) is 0 Å². The molecule has 3 N–H and O–H groups in total. The summed E-state index contributed by atoms with van der Waals surface area (Å²) in [5.41, 5.74) is 0. The van der Waals surface area contributed by atoms with Gasteiger partial charge in [-0.1, -0.05) is 0 Å². The molecular weight excluding hydrogens is 271 g/mol. The second-order valence-corrected chi connectivity index (χ2v) is 3.43. The van der Waals surface area contributed by atoms with Crippen molar-refractivity contribution in [3.8, 4) is 0 Å². The van der Waals surface area contributed by atoms with Crippen molar-refractivity contribution in [1.29, 1.82) is 0 Å². The number of hydrogen-bond acceptors (Lipinski definition) is 4. The van der Waals surface area contributed by atoms with Gasteiger partial charge in [-0.05, 0) is 0 Å². The van der Waals surface area contributed by atoms with Gasteiger partial charge in [-0.15, -0.1) is 3.97 Å². The predicted molar refractivity (Wildman–Crippen MR) is 24.7 cm³/mol. The molecule has 0 atom stereocenters. The first-order valence-electron chi connectivity index (χ1n) is 1.45. The molecule has 0 amide bonds. The Labute approximate surface area is 70.9 Å². The van der Waals surface area contributed by atoms with E-state index in [0.29, 0.717) is 0 Å². The Morgan fingerprint density at radius 1 is 1.30 bits per heavy atom. The zero-order valence-corrected chi connectivity index (χ0v) is 7.96. The normalized spacial score (nSPS) is 12.3. The van der Waals surface area contributed by atoms with Crippen LogP contribution >= 0.6 is 7.82 Å². The van der Waals surface area contributed by atoms with Crippen molar-refractivity contribution in [3.05, 3.63) is 0 Å². The summed E-state index contributed by atoms with van der Waals surface area (Å²) in [6.07, 6.45) is 0. The van der Waals surface area contributed by atoms with Crippen LogP contribution in [-0.4, -0.2) is 22.8 Å². The van der Waals surface area contributed by atoms with Gasteiger partial charge in [0.1, 0.15) is 0 Å². The minimum absolute atomic E-state index is 0. The summed E-state index contributed by atoms with van der Waals surface area (Å²) in [7, 11) is -10.2. The van der Waals surface area contributed by atoms with E-state index in [1.807, 2.05) is 0 Å². The van der Waals surface area contributed by atoms with E-state index in [2.05, 4.69) is 3.97 Å². The molecule has 0 fully saturated rings. The minimum Gasteiger partial charge on any atom is -0.302 e. The molecule has 0 aromatic carbocycles. The van der Waals surface area contributed by atoms with E-state index in [1.54, 1.807) is 0 Å². The molecule has 0 aliphatic heterocycles. The fraction of sp³-hybridized carbons (Fsp3) is 0.